The van der Waals surface area contributed by atoms with Gasteiger partial charge in [-0.15, -0.1) is 0 Å². The van der Waals surface area contributed by atoms with Crippen molar-refractivity contribution < 1.29 is 14.3 Å². The van der Waals surface area contributed by atoms with Gasteiger partial charge in [0.15, 0.2) is 5.78 Å². The fraction of sp³-hybridized carbons (Fsp3) is 0.800. The molecule has 2 unspecified atom stereocenters. The van der Waals surface area contributed by atoms with E-state index in [1.165, 1.54) is 12.0 Å². The molecule has 18 heavy (non-hydrogen) atoms. The molecule has 3 aliphatic rings. The van der Waals surface area contributed by atoms with Gasteiger partial charge in [0.2, 0.25) is 0 Å². The zero-order valence-electron chi connectivity index (χ0n) is 11.0. The largest absolute Gasteiger partial charge is 0.378 e. The van der Waals surface area contributed by atoms with Crippen LogP contribution in [0.25, 0.3) is 0 Å². The first-order valence-electron chi connectivity index (χ1n) is 7.22. The molecule has 2 aliphatic heterocycles. The third-order valence-electron chi connectivity index (χ3n) is 4.57. The topological polar surface area (TPSA) is 35.5 Å². The van der Waals surface area contributed by atoms with Crippen LogP contribution in [0.15, 0.2) is 11.6 Å². The molecule has 1 spiro atoms. The Morgan fingerprint density at radius 2 is 2.11 bits per heavy atom. The normalized spacial score (nSPS) is 37.7. The van der Waals surface area contributed by atoms with Crippen LogP contribution in [0.2, 0.25) is 0 Å². The van der Waals surface area contributed by atoms with Crippen molar-refractivity contribution in [3.8, 4) is 0 Å². The molecule has 1 aliphatic carbocycles. The van der Waals surface area contributed by atoms with Crippen molar-refractivity contribution in [2.45, 2.75) is 50.5 Å². The van der Waals surface area contributed by atoms with Gasteiger partial charge in [-0.2, -0.15) is 0 Å². The van der Waals surface area contributed by atoms with Gasteiger partial charge in [-0.25, -0.2) is 0 Å². The van der Waals surface area contributed by atoms with Crippen molar-refractivity contribution in [3.05, 3.63) is 11.6 Å². The first kappa shape index (κ1) is 12.4. The van der Waals surface area contributed by atoms with Gasteiger partial charge >= 0.3 is 0 Å². The van der Waals surface area contributed by atoms with Gasteiger partial charge in [0, 0.05) is 26.1 Å². The molecular formula is C15H22O3. The quantitative estimate of drug-likeness (QED) is 0.717. The van der Waals surface area contributed by atoms with E-state index in [-0.39, 0.29) is 5.60 Å². The number of ketones is 1. The second kappa shape index (κ2) is 5.14. The molecule has 0 aromatic carbocycles. The molecular weight excluding hydrogens is 228 g/mol. The molecule has 0 amide bonds. The van der Waals surface area contributed by atoms with Crippen LogP contribution in [0.4, 0.5) is 0 Å². The van der Waals surface area contributed by atoms with Crippen molar-refractivity contribution >= 4 is 5.78 Å². The lowest BCUT2D eigenvalue weighted by molar-refractivity contribution is -0.114. The zero-order valence-corrected chi connectivity index (χ0v) is 11.0. The van der Waals surface area contributed by atoms with Crippen molar-refractivity contribution in [2.24, 2.45) is 5.92 Å². The highest BCUT2D eigenvalue weighted by Gasteiger charge is 2.41. The minimum absolute atomic E-state index is 0.0426. The standard InChI is InChI=1S/C15H22O3/c16-14-4-2-1-3-12(9-14)13-5-7-18-15(10-13)6-8-17-11-15/h9,13H,1-8,10-11H2. The highest BCUT2D eigenvalue weighted by molar-refractivity contribution is 5.90. The van der Waals surface area contributed by atoms with Crippen molar-refractivity contribution in [1.29, 1.82) is 0 Å². The summed E-state index contributed by atoms with van der Waals surface area (Å²) in [5.41, 5.74) is 1.34. The van der Waals surface area contributed by atoms with Gasteiger partial charge in [0.05, 0.1) is 12.2 Å². The smallest absolute Gasteiger partial charge is 0.155 e. The molecule has 3 heteroatoms. The monoisotopic (exact) mass is 250 g/mol. The molecule has 3 nitrogen and oxygen atoms in total. The SMILES string of the molecule is O=C1C=C(C2CCOC3(CCOC3)C2)CCCC1. The predicted molar refractivity (Wildman–Crippen MR) is 68.4 cm³/mol. The van der Waals surface area contributed by atoms with Crippen LogP contribution in [0.1, 0.15) is 44.9 Å². The van der Waals surface area contributed by atoms with Crippen LogP contribution in [0.5, 0.6) is 0 Å². The van der Waals surface area contributed by atoms with Crippen LogP contribution < -0.4 is 0 Å². The van der Waals surface area contributed by atoms with Gasteiger partial charge in [-0.3, -0.25) is 4.79 Å². The molecule has 0 aromatic heterocycles. The van der Waals surface area contributed by atoms with E-state index in [2.05, 4.69) is 0 Å². The van der Waals surface area contributed by atoms with Gasteiger partial charge in [-0.05, 0) is 44.1 Å². The summed E-state index contributed by atoms with van der Waals surface area (Å²) in [5.74, 6) is 0.869. The maximum atomic E-state index is 11.7. The number of carbonyl (C=O) groups excluding carboxylic acids is 1. The highest BCUT2D eigenvalue weighted by Crippen LogP contribution is 2.40. The van der Waals surface area contributed by atoms with E-state index in [1.807, 2.05) is 6.08 Å². The fourth-order valence-corrected chi connectivity index (χ4v) is 3.51. The van der Waals surface area contributed by atoms with Gasteiger partial charge in [0.25, 0.3) is 0 Å². The average Bonchev–Trinajstić information content (AvgIpc) is 2.69. The minimum atomic E-state index is -0.0426. The van der Waals surface area contributed by atoms with Crippen LogP contribution in [-0.2, 0) is 14.3 Å². The summed E-state index contributed by atoms with van der Waals surface area (Å²) in [7, 11) is 0. The van der Waals surface area contributed by atoms with Gasteiger partial charge in [0.1, 0.15) is 0 Å². The van der Waals surface area contributed by atoms with Crippen molar-refractivity contribution in [2.75, 3.05) is 19.8 Å². The van der Waals surface area contributed by atoms with Crippen molar-refractivity contribution in [3.63, 3.8) is 0 Å². The van der Waals surface area contributed by atoms with E-state index in [0.29, 0.717) is 11.7 Å². The molecule has 0 aromatic rings. The number of hydrogen-bond donors (Lipinski definition) is 0. The van der Waals surface area contributed by atoms with E-state index in [4.69, 9.17) is 9.47 Å². The highest BCUT2D eigenvalue weighted by atomic mass is 16.6. The minimum Gasteiger partial charge on any atom is -0.378 e. The third kappa shape index (κ3) is 2.52. The lowest BCUT2D eigenvalue weighted by Crippen LogP contribution is -2.40. The fourth-order valence-electron chi connectivity index (χ4n) is 3.51. The molecule has 0 radical (unpaired) electrons. The summed E-state index contributed by atoms with van der Waals surface area (Å²) in [6.07, 6.45) is 9.13. The predicted octanol–water partition coefficient (Wildman–Crippen LogP) is 2.64. The Hall–Kier alpha value is -0.670. The second-order valence-corrected chi connectivity index (χ2v) is 5.92. The summed E-state index contributed by atoms with van der Waals surface area (Å²) in [6, 6.07) is 0. The summed E-state index contributed by atoms with van der Waals surface area (Å²) in [6.45, 7) is 2.38. The Morgan fingerprint density at radius 3 is 2.94 bits per heavy atom. The second-order valence-electron chi connectivity index (χ2n) is 5.92. The first-order valence-corrected chi connectivity index (χ1v) is 7.22. The van der Waals surface area contributed by atoms with E-state index in [9.17, 15) is 4.79 Å². The van der Waals surface area contributed by atoms with Crippen LogP contribution in [-0.4, -0.2) is 31.2 Å². The average molecular weight is 250 g/mol. The number of rotatable bonds is 1. The Morgan fingerprint density at radius 1 is 1.22 bits per heavy atom. The lowest BCUT2D eigenvalue weighted by atomic mass is 9.79. The summed E-state index contributed by atoms with van der Waals surface area (Å²) in [4.78, 5) is 11.7. The van der Waals surface area contributed by atoms with E-state index in [1.54, 1.807) is 0 Å². The molecule has 100 valence electrons. The number of allylic oxidation sites excluding steroid dienone is 2. The number of hydrogen-bond acceptors (Lipinski definition) is 3. The van der Waals surface area contributed by atoms with E-state index in [0.717, 1.165) is 58.3 Å². The Bertz CT molecular complexity index is 353. The number of ether oxygens (including phenoxy) is 2. The van der Waals surface area contributed by atoms with Crippen LogP contribution in [0.3, 0.4) is 0 Å². The molecule has 0 saturated carbocycles. The molecule has 2 heterocycles. The Balaban J connectivity index is 1.73. The summed E-state index contributed by atoms with van der Waals surface area (Å²) in [5, 5.41) is 0. The van der Waals surface area contributed by atoms with Gasteiger partial charge in [-0.1, -0.05) is 5.57 Å². The molecule has 2 saturated heterocycles. The van der Waals surface area contributed by atoms with Crippen LogP contribution in [0, 0.1) is 5.92 Å². The Kier molecular flexibility index (Phi) is 3.53. The lowest BCUT2D eigenvalue weighted by Gasteiger charge is -2.38. The molecule has 2 atom stereocenters. The maximum absolute atomic E-state index is 11.7. The van der Waals surface area contributed by atoms with Crippen LogP contribution >= 0.6 is 0 Å². The molecule has 0 N–H and O–H groups in total. The van der Waals surface area contributed by atoms with Gasteiger partial charge < -0.3 is 9.47 Å². The summed E-state index contributed by atoms with van der Waals surface area (Å²) < 4.78 is 11.5. The third-order valence-corrected chi connectivity index (χ3v) is 4.57. The maximum Gasteiger partial charge on any atom is 0.155 e. The van der Waals surface area contributed by atoms with E-state index < -0.39 is 0 Å². The number of carbonyl (C=O) groups is 1. The molecule has 3 rings (SSSR count). The van der Waals surface area contributed by atoms with Crippen molar-refractivity contribution in [1.82, 2.24) is 0 Å². The van der Waals surface area contributed by atoms with E-state index >= 15 is 0 Å². The summed E-state index contributed by atoms with van der Waals surface area (Å²) >= 11 is 0. The molecule has 2 fully saturated rings. The zero-order chi connectivity index (χ0) is 12.4. The first-order chi connectivity index (χ1) is 8.77. The molecule has 0 bridgehead atoms. The Labute approximate surface area is 109 Å².